The van der Waals surface area contributed by atoms with Crippen molar-refractivity contribution in [3.63, 3.8) is 0 Å². The molecule has 0 aromatic carbocycles. The van der Waals surface area contributed by atoms with Crippen molar-refractivity contribution >= 4 is 11.8 Å². The van der Waals surface area contributed by atoms with E-state index < -0.39 is 11.4 Å². The molecule has 0 amide bonds. The quantitative estimate of drug-likeness (QED) is 0.793. The number of carbonyl (C=O) groups is 1. The maximum atomic E-state index is 10.7. The highest BCUT2D eigenvalue weighted by Crippen LogP contribution is 2.32. The zero-order valence-electron chi connectivity index (χ0n) is 9.24. The number of aromatic nitrogens is 1. The van der Waals surface area contributed by atoms with Gasteiger partial charge in [0, 0.05) is 17.2 Å². The van der Waals surface area contributed by atoms with Crippen LogP contribution in [0.5, 0.6) is 0 Å². The Balaban J connectivity index is 3.19. The average molecular weight is 208 g/mol. The summed E-state index contributed by atoms with van der Waals surface area (Å²) in [6.07, 6.45) is 1.68. The molecule has 0 radical (unpaired) electrons. The van der Waals surface area contributed by atoms with Gasteiger partial charge in [0.25, 0.3) is 0 Å². The van der Waals surface area contributed by atoms with Crippen molar-refractivity contribution in [3.05, 3.63) is 23.4 Å². The van der Waals surface area contributed by atoms with Crippen LogP contribution in [0.3, 0.4) is 0 Å². The third kappa shape index (κ3) is 2.46. The number of aryl methyl sites for hydroxylation is 1. The first-order valence-corrected chi connectivity index (χ1v) is 4.78. The van der Waals surface area contributed by atoms with E-state index >= 15 is 0 Å². The number of nitrogens with two attached hydrogens (primary N) is 1. The van der Waals surface area contributed by atoms with E-state index in [0.29, 0.717) is 5.82 Å². The number of hydrogen-bond donors (Lipinski definition) is 2. The molecule has 0 aliphatic carbocycles. The maximum Gasteiger partial charge on any atom is 0.304 e. The van der Waals surface area contributed by atoms with Gasteiger partial charge in [-0.1, -0.05) is 13.8 Å². The zero-order valence-corrected chi connectivity index (χ0v) is 9.24. The number of carboxylic acids is 1. The molecule has 15 heavy (non-hydrogen) atoms. The van der Waals surface area contributed by atoms with Crippen LogP contribution >= 0.6 is 0 Å². The van der Waals surface area contributed by atoms with Crippen LogP contribution in [0.1, 0.15) is 31.4 Å². The Morgan fingerprint density at radius 3 is 2.67 bits per heavy atom. The Kier molecular flexibility index (Phi) is 2.98. The molecule has 0 bridgehead atoms. The summed E-state index contributed by atoms with van der Waals surface area (Å²) in [5.74, 6) is -0.413. The number of nitrogens with zero attached hydrogens (tertiary/aromatic N) is 1. The van der Waals surface area contributed by atoms with E-state index in [-0.39, 0.29) is 6.42 Å². The van der Waals surface area contributed by atoms with Crippen LogP contribution in [0.25, 0.3) is 0 Å². The minimum absolute atomic E-state index is 0.0454. The third-order valence-corrected chi connectivity index (χ3v) is 2.46. The molecule has 0 aliphatic heterocycles. The molecule has 0 saturated heterocycles. The van der Waals surface area contributed by atoms with E-state index in [1.54, 1.807) is 6.20 Å². The Morgan fingerprint density at radius 1 is 1.60 bits per heavy atom. The van der Waals surface area contributed by atoms with Crippen molar-refractivity contribution in [2.45, 2.75) is 32.6 Å². The number of anilines is 1. The van der Waals surface area contributed by atoms with Crippen molar-refractivity contribution in [2.75, 3.05) is 5.73 Å². The van der Waals surface area contributed by atoms with Crippen LogP contribution in [0.4, 0.5) is 5.82 Å². The SMILES string of the molecule is Cc1ccnc(N)c1C(C)(C)CC(=O)O. The van der Waals surface area contributed by atoms with Gasteiger partial charge in [-0.25, -0.2) is 4.98 Å². The molecule has 0 spiro atoms. The lowest BCUT2D eigenvalue weighted by Crippen LogP contribution is -2.24. The molecule has 1 heterocycles. The standard InChI is InChI=1S/C11H16N2O2/c1-7-4-5-13-10(12)9(7)11(2,3)6-8(14)15/h4-5H,6H2,1-3H3,(H2,12,13)(H,14,15). The minimum Gasteiger partial charge on any atom is -0.481 e. The van der Waals surface area contributed by atoms with E-state index in [4.69, 9.17) is 10.8 Å². The highest BCUT2D eigenvalue weighted by Gasteiger charge is 2.28. The Hall–Kier alpha value is -1.58. The molecule has 82 valence electrons. The monoisotopic (exact) mass is 208 g/mol. The first-order valence-electron chi connectivity index (χ1n) is 4.78. The smallest absolute Gasteiger partial charge is 0.304 e. The molecule has 1 aromatic rings. The van der Waals surface area contributed by atoms with Crippen molar-refractivity contribution < 1.29 is 9.90 Å². The van der Waals surface area contributed by atoms with Crippen LogP contribution in [0, 0.1) is 6.92 Å². The van der Waals surface area contributed by atoms with E-state index in [1.165, 1.54) is 0 Å². The molecule has 4 nitrogen and oxygen atoms in total. The van der Waals surface area contributed by atoms with E-state index in [2.05, 4.69) is 4.98 Å². The van der Waals surface area contributed by atoms with Crippen LogP contribution in [-0.2, 0) is 10.2 Å². The highest BCUT2D eigenvalue weighted by atomic mass is 16.4. The Labute approximate surface area is 89.1 Å². The Bertz CT molecular complexity index is 366. The predicted octanol–water partition coefficient (Wildman–Crippen LogP) is 1.72. The molecular weight excluding hydrogens is 192 g/mol. The molecule has 0 atom stereocenters. The van der Waals surface area contributed by atoms with Crippen molar-refractivity contribution in [1.82, 2.24) is 4.98 Å². The molecule has 1 rings (SSSR count). The highest BCUT2D eigenvalue weighted by molar-refractivity contribution is 5.70. The van der Waals surface area contributed by atoms with Gasteiger partial charge < -0.3 is 10.8 Å². The second-order valence-corrected chi connectivity index (χ2v) is 4.34. The summed E-state index contributed by atoms with van der Waals surface area (Å²) in [5, 5.41) is 8.83. The van der Waals surface area contributed by atoms with Crippen molar-refractivity contribution in [2.24, 2.45) is 0 Å². The number of hydrogen-bond acceptors (Lipinski definition) is 3. The van der Waals surface area contributed by atoms with Crippen LogP contribution in [0.2, 0.25) is 0 Å². The van der Waals surface area contributed by atoms with Gasteiger partial charge >= 0.3 is 5.97 Å². The van der Waals surface area contributed by atoms with Gasteiger partial charge in [-0.2, -0.15) is 0 Å². The zero-order chi connectivity index (χ0) is 11.6. The summed E-state index contributed by atoms with van der Waals surface area (Å²) < 4.78 is 0. The average Bonchev–Trinajstić information content (AvgIpc) is 1.99. The molecule has 3 N–H and O–H groups in total. The van der Waals surface area contributed by atoms with Gasteiger partial charge in [0.05, 0.1) is 6.42 Å². The Morgan fingerprint density at radius 2 is 2.20 bits per heavy atom. The van der Waals surface area contributed by atoms with Crippen LogP contribution < -0.4 is 5.73 Å². The number of pyridine rings is 1. The van der Waals surface area contributed by atoms with E-state index in [1.807, 2.05) is 26.8 Å². The van der Waals surface area contributed by atoms with Gasteiger partial charge in [0.15, 0.2) is 0 Å². The summed E-state index contributed by atoms with van der Waals surface area (Å²) in [6.45, 7) is 5.64. The van der Waals surface area contributed by atoms with Gasteiger partial charge in [0.1, 0.15) is 5.82 Å². The summed E-state index contributed by atoms with van der Waals surface area (Å²) in [6, 6.07) is 1.84. The fraction of sp³-hybridized carbons (Fsp3) is 0.455. The van der Waals surface area contributed by atoms with Gasteiger partial charge in [-0.05, 0) is 18.6 Å². The number of carboxylic acid groups (broad SMARTS) is 1. The summed E-state index contributed by atoms with van der Waals surface area (Å²) in [5.41, 5.74) is 7.09. The fourth-order valence-electron chi connectivity index (χ4n) is 1.93. The fourth-order valence-corrected chi connectivity index (χ4v) is 1.93. The second kappa shape index (κ2) is 3.88. The lowest BCUT2D eigenvalue weighted by molar-refractivity contribution is -0.138. The first kappa shape index (κ1) is 11.5. The van der Waals surface area contributed by atoms with Crippen LogP contribution in [-0.4, -0.2) is 16.1 Å². The molecular formula is C11H16N2O2. The maximum absolute atomic E-state index is 10.7. The number of rotatable bonds is 3. The molecule has 1 aromatic heterocycles. The van der Waals surface area contributed by atoms with E-state index in [0.717, 1.165) is 11.1 Å². The molecule has 0 aliphatic rings. The summed E-state index contributed by atoms with van der Waals surface area (Å²) >= 11 is 0. The number of aliphatic carboxylic acids is 1. The molecule has 4 heteroatoms. The summed E-state index contributed by atoms with van der Waals surface area (Å²) in [7, 11) is 0. The topological polar surface area (TPSA) is 76.2 Å². The summed E-state index contributed by atoms with van der Waals surface area (Å²) in [4.78, 5) is 14.7. The predicted molar refractivity (Wildman–Crippen MR) is 58.7 cm³/mol. The first-order chi connectivity index (χ1) is 6.84. The van der Waals surface area contributed by atoms with Gasteiger partial charge in [-0.3, -0.25) is 4.79 Å². The van der Waals surface area contributed by atoms with Crippen LogP contribution in [0.15, 0.2) is 12.3 Å². The lowest BCUT2D eigenvalue weighted by Gasteiger charge is -2.25. The minimum atomic E-state index is -0.831. The third-order valence-electron chi connectivity index (χ3n) is 2.46. The van der Waals surface area contributed by atoms with E-state index in [9.17, 15) is 4.79 Å². The van der Waals surface area contributed by atoms with Crippen molar-refractivity contribution in [3.8, 4) is 0 Å². The molecule has 0 saturated carbocycles. The second-order valence-electron chi connectivity index (χ2n) is 4.34. The van der Waals surface area contributed by atoms with Crippen molar-refractivity contribution in [1.29, 1.82) is 0 Å². The largest absolute Gasteiger partial charge is 0.481 e. The van der Waals surface area contributed by atoms with Gasteiger partial charge in [-0.15, -0.1) is 0 Å². The lowest BCUT2D eigenvalue weighted by atomic mass is 9.79. The normalized spacial score (nSPS) is 11.4. The van der Waals surface area contributed by atoms with Gasteiger partial charge in [0.2, 0.25) is 0 Å². The molecule has 0 unspecified atom stereocenters. The molecule has 0 fully saturated rings. The number of nitrogen functional groups attached to an aromatic ring is 1.